The van der Waals surface area contributed by atoms with Gasteiger partial charge in [0.1, 0.15) is 5.82 Å². The van der Waals surface area contributed by atoms with Crippen LogP contribution in [0.5, 0.6) is 0 Å². The third-order valence-corrected chi connectivity index (χ3v) is 2.03. The predicted octanol–water partition coefficient (Wildman–Crippen LogP) is 1.54. The highest BCUT2D eigenvalue weighted by Crippen LogP contribution is 2.15. The smallest absolute Gasteiger partial charge is 0.135 e. The van der Waals surface area contributed by atoms with E-state index >= 15 is 0 Å². The molecule has 0 fully saturated rings. The Kier molecular flexibility index (Phi) is 1.64. The first-order chi connectivity index (χ1) is 5.77. The molecule has 1 aliphatic heterocycles. The van der Waals surface area contributed by atoms with E-state index in [4.69, 9.17) is 0 Å². The van der Waals surface area contributed by atoms with Crippen LogP contribution in [-0.2, 0) is 6.67 Å². The van der Waals surface area contributed by atoms with E-state index in [1.165, 1.54) is 5.69 Å². The summed E-state index contributed by atoms with van der Waals surface area (Å²) in [6.45, 7) is 5.16. The largest absolute Gasteiger partial charge is 0.373 e. The van der Waals surface area contributed by atoms with Crippen molar-refractivity contribution in [2.45, 2.75) is 26.4 Å². The van der Waals surface area contributed by atoms with Gasteiger partial charge in [-0.2, -0.15) is 0 Å². The Balaban J connectivity index is 2.39. The second-order valence-electron chi connectivity index (χ2n) is 3.34. The fourth-order valence-electron chi connectivity index (χ4n) is 1.27. The second kappa shape index (κ2) is 2.66. The maximum Gasteiger partial charge on any atom is 0.135 e. The summed E-state index contributed by atoms with van der Waals surface area (Å²) in [5.74, 6) is 1.56. The molecule has 0 atom stereocenters. The standard InChI is InChI=1S/C9H13N3/c1-7(2)8-5-12-6-10-4-3-9(12)11-8/h3-5,7,10H,6H2,1-2H3. The first kappa shape index (κ1) is 7.40. The summed E-state index contributed by atoms with van der Waals surface area (Å²) in [6.07, 6.45) is 6.04. The second-order valence-corrected chi connectivity index (χ2v) is 3.34. The third kappa shape index (κ3) is 1.11. The number of imidazole rings is 1. The molecule has 3 heteroatoms. The van der Waals surface area contributed by atoms with Crippen LogP contribution in [0.25, 0.3) is 6.08 Å². The summed E-state index contributed by atoms with van der Waals surface area (Å²) in [6, 6.07) is 0. The van der Waals surface area contributed by atoms with Gasteiger partial charge in [-0.25, -0.2) is 4.98 Å². The lowest BCUT2D eigenvalue weighted by Crippen LogP contribution is -2.16. The van der Waals surface area contributed by atoms with Gasteiger partial charge in [-0.3, -0.25) is 0 Å². The van der Waals surface area contributed by atoms with Crippen LogP contribution < -0.4 is 5.32 Å². The topological polar surface area (TPSA) is 29.9 Å². The number of nitrogens with zero attached hydrogens (tertiary/aromatic N) is 2. The summed E-state index contributed by atoms with van der Waals surface area (Å²) in [5, 5.41) is 3.14. The predicted molar refractivity (Wildman–Crippen MR) is 48.5 cm³/mol. The molecule has 0 saturated carbocycles. The van der Waals surface area contributed by atoms with E-state index in [0.29, 0.717) is 5.92 Å². The van der Waals surface area contributed by atoms with Crippen molar-refractivity contribution in [3.05, 3.63) is 23.9 Å². The van der Waals surface area contributed by atoms with Crippen LogP contribution >= 0.6 is 0 Å². The molecule has 0 aromatic carbocycles. The molecule has 0 bridgehead atoms. The van der Waals surface area contributed by atoms with E-state index in [9.17, 15) is 0 Å². The summed E-state index contributed by atoms with van der Waals surface area (Å²) in [5.41, 5.74) is 1.17. The van der Waals surface area contributed by atoms with Crippen LogP contribution in [-0.4, -0.2) is 9.55 Å². The molecular formula is C9H13N3. The molecule has 0 unspecified atom stereocenters. The van der Waals surface area contributed by atoms with Crippen LogP contribution in [0.3, 0.4) is 0 Å². The summed E-state index contributed by atoms with van der Waals surface area (Å²) in [7, 11) is 0. The molecule has 2 rings (SSSR count). The molecule has 1 aromatic rings. The molecule has 64 valence electrons. The molecule has 0 saturated heterocycles. The highest BCUT2D eigenvalue weighted by molar-refractivity contribution is 5.42. The van der Waals surface area contributed by atoms with Crippen molar-refractivity contribution in [2.75, 3.05) is 0 Å². The average Bonchev–Trinajstić information content (AvgIpc) is 2.46. The fraction of sp³-hybridized carbons (Fsp3) is 0.444. The third-order valence-electron chi connectivity index (χ3n) is 2.03. The van der Waals surface area contributed by atoms with Gasteiger partial charge < -0.3 is 9.88 Å². The van der Waals surface area contributed by atoms with Gasteiger partial charge in [0, 0.05) is 12.4 Å². The van der Waals surface area contributed by atoms with Gasteiger partial charge in [0.25, 0.3) is 0 Å². The normalized spacial score (nSPS) is 14.6. The van der Waals surface area contributed by atoms with Gasteiger partial charge in [-0.15, -0.1) is 0 Å². The molecular weight excluding hydrogens is 150 g/mol. The van der Waals surface area contributed by atoms with Crippen LogP contribution in [0.15, 0.2) is 12.4 Å². The van der Waals surface area contributed by atoms with E-state index in [1.54, 1.807) is 0 Å². The molecule has 0 radical (unpaired) electrons. The minimum Gasteiger partial charge on any atom is -0.373 e. The van der Waals surface area contributed by atoms with Crippen molar-refractivity contribution in [3.8, 4) is 0 Å². The van der Waals surface area contributed by atoms with Crippen LogP contribution in [0, 0.1) is 0 Å². The number of aromatic nitrogens is 2. The van der Waals surface area contributed by atoms with E-state index in [2.05, 4.69) is 34.9 Å². The minimum absolute atomic E-state index is 0.511. The Labute approximate surface area is 72.1 Å². The Morgan fingerprint density at radius 1 is 1.58 bits per heavy atom. The van der Waals surface area contributed by atoms with E-state index < -0.39 is 0 Å². The lowest BCUT2D eigenvalue weighted by molar-refractivity contribution is 0.624. The highest BCUT2D eigenvalue weighted by atomic mass is 15.2. The van der Waals surface area contributed by atoms with Crippen LogP contribution in [0.1, 0.15) is 31.3 Å². The Hall–Kier alpha value is -1.25. The van der Waals surface area contributed by atoms with E-state index in [1.807, 2.05) is 12.3 Å². The van der Waals surface area contributed by atoms with Crippen molar-refractivity contribution in [1.82, 2.24) is 14.9 Å². The molecule has 0 amide bonds. The van der Waals surface area contributed by atoms with E-state index in [0.717, 1.165) is 12.5 Å². The zero-order valence-corrected chi connectivity index (χ0v) is 7.41. The summed E-state index contributed by atoms with van der Waals surface area (Å²) in [4.78, 5) is 4.49. The van der Waals surface area contributed by atoms with Gasteiger partial charge >= 0.3 is 0 Å². The summed E-state index contributed by atoms with van der Waals surface area (Å²) < 4.78 is 2.12. The van der Waals surface area contributed by atoms with Crippen molar-refractivity contribution in [1.29, 1.82) is 0 Å². The molecule has 0 aliphatic carbocycles. The Morgan fingerprint density at radius 3 is 3.08 bits per heavy atom. The average molecular weight is 163 g/mol. The SMILES string of the molecule is CC(C)c1cn2c(n1)C=CNC2. The summed E-state index contributed by atoms with van der Waals surface area (Å²) >= 11 is 0. The zero-order chi connectivity index (χ0) is 8.55. The van der Waals surface area contributed by atoms with Crippen molar-refractivity contribution in [3.63, 3.8) is 0 Å². The molecule has 0 spiro atoms. The molecule has 1 aromatic heterocycles. The van der Waals surface area contributed by atoms with Gasteiger partial charge in [-0.1, -0.05) is 13.8 Å². The molecule has 2 heterocycles. The van der Waals surface area contributed by atoms with Gasteiger partial charge in [0.2, 0.25) is 0 Å². The molecule has 12 heavy (non-hydrogen) atoms. The fourth-order valence-corrected chi connectivity index (χ4v) is 1.27. The first-order valence-electron chi connectivity index (χ1n) is 4.24. The maximum atomic E-state index is 4.49. The lowest BCUT2D eigenvalue weighted by Gasteiger charge is -2.08. The number of rotatable bonds is 1. The first-order valence-corrected chi connectivity index (χ1v) is 4.24. The zero-order valence-electron chi connectivity index (χ0n) is 7.41. The Morgan fingerprint density at radius 2 is 2.42 bits per heavy atom. The highest BCUT2D eigenvalue weighted by Gasteiger charge is 2.09. The van der Waals surface area contributed by atoms with Gasteiger partial charge in [0.05, 0.1) is 12.4 Å². The van der Waals surface area contributed by atoms with Crippen molar-refractivity contribution < 1.29 is 0 Å². The van der Waals surface area contributed by atoms with Crippen LogP contribution in [0.4, 0.5) is 0 Å². The van der Waals surface area contributed by atoms with Gasteiger partial charge in [-0.05, 0) is 12.0 Å². The molecule has 1 N–H and O–H groups in total. The molecule has 1 aliphatic rings. The lowest BCUT2D eigenvalue weighted by atomic mass is 10.2. The Bertz CT molecular complexity index is 310. The number of hydrogen-bond donors (Lipinski definition) is 1. The van der Waals surface area contributed by atoms with E-state index in [-0.39, 0.29) is 0 Å². The van der Waals surface area contributed by atoms with Crippen LogP contribution in [0.2, 0.25) is 0 Å². The van der Waals surface area contributed by atoms with Gasteiger partial charge in [0.15, 0.2) is 0 Å². The maximum absolute atomic E-state index is 4.49. The number of hydrogen-bond acceptors (Lipinski definition) is 2. The van der Waals surface area contributed by atoms with Crippen molar-refractivity contribution >= 4 is 6.08 Å². The quantitative estimate of drug-likeness (QED) is 0.680. The monoisotopic (exact) mass is 163 g/mol. The van der Waals surface area contributed by atoms with Crippen molar-refractivity contribution in [2.24, 2.45) is 0 Å². The number of fused-ring (bicyclic) bond motifs is 1. The minimum atomic E-state index is 0.511. The molecule has 3 nitrogen and oxygen atoms in total. The number of nitrogens with one attached hydrogen (secondary N) is 1.